The summed E-state index contributed by atoms with van der Waals surface area (Å²) >= 11 is 0. The average molecular weight is 382 g/mol. The number of methoxy groups -OCH3 is 1. The first kappa shape index (κ1) is 20.8. The zero-order chi connectivity index (χ0) is 20.4. The number of rotatable bonds is 9. The molecule has 0 spiro atoms. The summed E-state index contributed by atoms with van der Waals surface area (Å²) in [6.07, 6.45) is -0.281. The number of hydrogen-bond donors (Lipinski definition) is 1. The summed E-state index contributed by atoms with van der Waals surface area (Å²) in [5, 5.41) is 11.5. The Kier molecular flexibility index (Phi) is 7.85. The molecule has 146 valence electrons. The zero-order valence-corrected chi connectivity index (χ0v) is 15.8. The molecule has 7 nitrogen and oxygen atoms in total. The molecule has 0 aliphatic carbocycles. The SMILES string of the molecule is COc1ccccc1CCNC(=O)COC(=O)[C@H](C)Oc1ccc(C#N)cc1. The van der Waals surface area contributed by atoms with Crippen LogP contribution >= 0.6 is 0 Å². The number of nitrogens with one attached hydrogen (secondary N) is 1. The summed E-state index contributed by atoms with van der Waals surface area (Å²) in [5.41, 5.74) is 1.47. The number of carbonyl (C=O) groups excluding carboxylic acids is 2. The fourth-order valence-corrected chi connectivity index (χ4v) is 2.41. The first-order valence-electron chi connectivity index (χ1n) is 8.75. The fourth-order valence-electron chi connectivity index (χ4n) is 2.41. The highest BCUT2D eigenvalue weighted by atomic mass is 16.6. The van der Waals surface area contributed by atoms with Gasteiger partial charge in [0.1, 0.15) is 11.5 Å². The van der Waals surface area contributed by atoms with Crippen LogP contribution in [0.2, 0.25) is 0 Å². The average Bonchev–Trinajstić information content (AvgIpc) is 2.72. The van der Waals surface area contributed by atoms with E-state index in [1.807, 2.05) is 30.3 Å². The van der Waals surface area contributed by atoms with E-state index in [1.165, 1.54) is 6.92 Å². The van der Waals surface area contributed by atoms with E-state index >= 15 is 0 Å². The van der Waals surface area contributed by atoms with Gasteiger partial charge >= 0.3 is 5.97 Å². The van der Waals surface area contributed by atoms with Crippen LogP contribution in [0, 0.1) is 11.3 Å². The number of esters is 1. The molecular formula is C21H22N2O5. The maximum Gasteiger partial charge on any atom is 0.347 e. The van der Waals surface area contributed by atoms with Crippen molar-refractivity contribution in [1.29, 1.82) is 5.26 Å². The Hall–Kier alpha value is -3.53. The van der Waals surface area contributed by atoms with Crippen molar-refractivity contribution in [2.75, 3.05) is 20.3 Å². The van der Waals surface area contributed by atoms with Crippen molar-refractivity contribution in [3.05, 3.63) is 59.7 Å². The highest BCUT2D eigenvalue weighted by molar-refractivity contribution is 5.82. The molecule has 0 aliphatic heterocycles. The molecule has 0 saturated heterocycles. The Bertz CT molecular complexity index is 843. The molecule has 1 N–H and O–H groups in total. The lowest BCUT2D eigenvalue weighted by Crippen LogP contribution is -2.33. The third-order valence-corrected chi connectivity index (χ3v) is 3.88. The lowest BCUT2D eigenvalue weighted by atomic mass is 10.1. The Morgan fingerprint density at radius 1 is 1.14 bits per heavy atom. The van der Waals surface area contributed by atoms with Gasteiger partial charge in [0.2, 0.25) is 0 Å². The predicted octanol–water partition coefficient (Wildman–Crippen LogP) is 2.24. The van der Waals surface area contributed by atoms with Crippen molar-refractivity contribution < 1.29 is 23.8 Å². The summed E-state index contributed by atoms with van der Waals surface area (Å²) in [6.45, 7) is 1.54. The third kappa shape index (κ3) is 6.32. The van der Waals surface area contributed by atoms with Crippen molar-refractivity contribution >= 4 is 11.9 Å². The van der Waals surface area contributed by atoms with E-state index in [9.17, 15) is 9.59 Å². The Morgan fingerprint density at radius 2 is 1.86 bits per heavy atom. The van der Waals surface area contributed by atoms with Gasteiger partial charge in [-0.05, 0) is 49.2 Å². The van der Waals surface area contributed by atoms with Crippen LogP contribution in [0.15, 0.2) is 48.5 Å². The predicted molar refractivity (Wildman–Crippen MR) is 102 cm³/mol. The van der Waals surface area contributed by atoms with Crippen molar-refractivity contribution in [1.82, 2.24) is 5.32 Å². The molecule has 0 fully saturated rings. The standard InChI is InChI=1S/C21H22N2O5/c1-15(28-18-9-7-16(13-22)8-10-18)21(25)27-14-20(24)23-12-11-17-5-3-4-6-19(17)26-2/h3-10,15H,11-12,14H2,1-2H3,(H,23,24)/t15-/m0/s1. The van der Waals surface area contributed by atoms with Gasteiger partial charge in [0, 0.05) is 6.54 Å². The van der Waals surface area contributed by atoms with Crippen LogP contribution in [-0.4, -0.2) is 38.2 Å². The fraction of sp³-hybridized carbons (Fsp3) is 0.286. The molecule has 0 aromatic heterocycles. The molecular weight excluding hydrogens is 360 g/mol. The van der Waals surface area contributed by atoms with E-state index in [-0.39, 0.29) is 6.61 Å². The van der Waals surface area contributed by atoms with Crippen LogP contribution in [0.5, 0.6) is 11.5 Å². The Labute approximate surface area is 163 Å². The van der Waals surface area contributed by atoms with Crippen molar-refractivity contribution in [2.45, 2.75) is 19.4 Å². The van der Waals surface area contributed by atoms with Gasteiger partial charge in [-0.15, -0.1) is 0 Å². The first-order chi connectivity index (χ1) is 13.5. The molecule has 0 radical (unpaired) electrons. The topological polar surface area (TPSA) is 97.7 Å². The van der Waals surface area contributed by atoms with Crippen molar-refractivity contribution in [2.24, 2.45) is 0 Å². The smallest absolute Gasteiger partial charge is 0.347 e. The van der Waals surface area contributed by atoms with E-state index in [1.54, 1.807) is 31.4 Å². The second kappa shape index (κ2) is 10.6. The lowest BCUT2D eigenvalue weighted by molar-refractivity contribution is -0.154. The number of hydrogen-bond acceptors (Lipinski definition) is 6. The van der Waals surface area contributed by atoms with Crippen LogP contribution in [0.1, 0.15) is 18.1 Å². The van der Waals surface area contributed by atoms with Gasteiger partial charge in [0.15, 0.2) is 12.7 Å². The maximum atomic E-state index is 12.0. The van der Waals surface area contributed by atoms with Crippen LogP contribution in [0.25, 0.3) is 0 Å². The van der Waals surface area contributed by atoms with Gasteiger partial charge in [0.25, 0.3) is 5.91 Å². The lowest BCUT2D eigenvalue weighted by Gasteiger charge is -2.14. The molecule has 0 unspecified atom stereocenters. The summed E-state index contributed by atoms with van der Waals surface area (Å²) in [7, 11) is 1.60. The number of nitriles is 1. The summed E-state index contributed by atoms with van der Waals surface area (Å²) in [6, 6.07) is 15.9. The number of amides is 1. The minimum atomic E-state index is -0.880. The highest BCUT2D eigenvalue weighted by Gasteiger charge is 2.17. The second-order valence-corrected chi connectivity index (χ2v) is 5.92. The number of ether oxygens (including phenoxy) is 3. The molecule has 1 atom stereocenters. The van der Waals surface area contributed by atoms with Gasteiger partial charge < -0.3 is 19.5 Å². The highest BCUT2D eigenvalue weighted by Crippen LogP contribution is 2.17. The van der Waals surface area contributed by atoms with Crippen LogP contribution < -0.4 is 14.8 Å². The normalized spacial score (nSPS) is 11.0. The van der Waals surface area contributed by atoms with Gasteiger partial charge in [0.05, 0.1) is 18.7 Å². The minimum absolute atomic E-state index is 0.383. The molecule has 2 rings (SSSR count). The zero-order valence-electron chi connectivity index (χ0n) is 15.8. The monoisotopic (exact) mass is 382 g/mol. The minimum Gasteiger partial charge on any atom is -0.496 e. The van der Waals surface area contributed by atoms with Gasteiger partial charge in [-0.1, -0.05) is 18.2 Å². The Balaban J connectivity index is 1.70. The van der Waals surface area contributed by atoms with E-state index in [0.29, 0.717) is 24.3 Å². The van der Waals surface area contributed by atoms with Gasteiger partial charge in [-0.3, -0.25) is 4.79 Å². The Morgan fingerprint density at radius 3 is 2.54 bits per heavy atom. The summed E-state index contributed by atoms with van der Waals surface area (Å²) in [4.78, 5) is 23.8. The molecule has 0 saturated carbocycles. The maximum absolute atomic E-state index is 12.0. The van der Waals surface area contributed by atoms with Gasteiger partial charge in [-0.2, -0.15) is 5.26 Å². The summed E-state index contributed by atoms with van der Waals surface area (Å²) < 4.78 is 15.7. The van der Waals surface area contributed by atoms with Gasteiger partial charge in [-0.25, -0.2) is 4.79 Å². The third-order valence-electron chi connectivity index (χ3n) is 3.88. The number of nitrogens with zero attached hydrogens (tertiary/aromatic N) is 1. The molecule has 28 heavy (non-hydrogen) atoms. The van der Waals surface area contributed by atoms with Crippen LogP contribution in [0.4, 0.5) is 0 Å². The molecule has 0 heterocycles. The number of para-hydroxylation sites is 1. The summed E-state index contributed by atoms with van der Waals surface area (Å²) in [5.74, 6) is 0.153. The molecule has 1 amide bonds. The van der Waals surface area contributed by atoms with E-state index < -0.39 is 18.0 Å². The molecule has 0 aliphatic rings. The van der Waals surface area contributed by atoms with Crippen LogP contribution in [0.3, 0.4) is 0 Å². The number of carbonyl (C=O) groups is 2. The van der Waals surface area contributed by atoms with E-state index in [2.05, 4.69) is 5.32 Å². The largest absolute Gasteiger partial charge is 0.496 e. The van der Waals surface area contributed by atoms with E-state index in [0.717, 1.165) is 11.3 Å². The molecule has 2 aromatic carbocycles. The molecule has 0 bridgehead atoms. The van der Waals surface area contributed by atoms with Crippen molar-refractivity contribution in [3.63, 3.8) is 0 Å². The van der Waals surface area contributed by atoms with E-state index in [4.69, 9.17) is 19.5 Å². The quantitative estimate of drug-likeness (QED) is 0.668. The first-order valence-corrected chi connectivity index (χ1v) is 8.75. The van der Waals surface area contributed by atoms with Crippen LogP contribution in [-0.2, 0) is 20.7 Å². The second-order valence-electron chi connectivity index (χ2n) is 5.92. The van der Waals surface area contributed by atoms with Crippen molar-refractivity contribution in [3.8, 4) is 17.6 Å². The number of benzene rings is 2. The molecule has 7 heteroatoms. The molecule has 2 aromatic rings.